The molecule has 4 nitrogen and oxygen atoms in total. The van der Waals surface area contributed by atoms with E-state index < -0.39 is 0 Å². The SMILES string of the molecule is O=Cc1nn(C2CCCCC2)c2c1CNC2. The fourth-order valence-electron chi connectivity index (χ4n) is 2.93. The minimum Gasteiger partial charge on any atom is -0.307 e. The third-order valence-corrected chi connectivity index (χ3v) is 3.78. The van der Waals surface area contributed by atoms with Gasteiger partial charge in [0.25, 0.3) is 0 Å². The second kappa shape index (κ2) is 4.01. The van der Waals surface area contributed by atoms with E-state index in [0.717, 1.165) is 24.9 Å². The molecule has 0 aromatic carbocycles. The van der Waals surface area contributed by atoms with Crippen molar-refractivity contribution in [2.24, 2.45) is 0 Å². The van der Waals surface area contributed by atoms with Gasteiger partial charge in [-0.1, -0.05) is 19.3 Å². The molecule has 4 heteroatoms. The van der Waals surface area contributed by atoms with Crippen molar-refractivity contribution < 1.29 is 4.79 Å². The van der Waals surface area contributed by atoms with E-state index >= 15 is 0 Å². The Morgan fingerprint density at radius 1 is 1.25 bits per heavy atom. The molecule has 1 N–H and O–H groups in total. The molecule has 0 saturated heterocycles. The average Bonchev–Trinajstić information content (AvgIpc) is 2.91. The standard InChI is InChI=1S/C12H17N3O/c16-8-11-10-6-13-7-12(10)15(14-11)9-4-2-1-3-5-9/h8-9,13H,1-7H2. The maximum Gasteiger partial charge on any atom is 0.170 e. The number of hydrogen-bond acceptors (Lipinski definition) is 3. The van der Waals surface area contributed by atoms with Gasteiger partial charge in [0.05, 0.1) is 11.7 Å². The molecule has 0 spiro atoms. The van der Waals surface area contributed by atoms with Crippen molar-refractivity contribution in [3.8, 4) is 0 Å². The first kappa shape index (κ1) is 10.0. The summed E-state index contributed by atoms with van der Waals surface area (Å²) in [6.07, 6.45) is 7.26. The van der Waals surface area contributed by atoms with Gasteiger partial charge in [-0.15, -0.1) is 0 Å². The minimum absolute atomic E-state index is 0.524. The van der Waals surface area contributed by atoms with E-state index in [9.17, 15) is 4.79 Å². The highest BCUT2D eigenvalue weighted by atomic mass is 16.1. The molecule has 1 aromatic heterocycles. The summed E-state index contributed by atoms with van der Waals surface area (Å²) in [4.78, 5) is 11.0. The van der Waals surface area contributed by atoms with Gasteiger partial charge in [0.1, 0.15) is 5.69 Å². The number of nitrogens with zero attached hydrogens (tertiary/aromatic N) is 2. The van der Waals surface area contributed by atoms with E-state index in [2.05, 4.69) is 15.1 Å². The van der Waals surface area contributed by atoms with Crippen LogP contribution < -0.4 is 5.32 Å². The van der Waals surface area contributed by atoms with Crippen molar-refractivity contribution >= 4 is 6.29 Å². The Balaban J connectivity index is 1.97. The van der Waals surface area contributed by atoms with Crippen LogP contribution in [0.1, 0.15) is 59.9 Å². The summed E-state index contributed by atoms with van der Waals surface area (Å²) in [7, 11) is 0. The van der Waals surface area contributed by atoms with Gasteiger partial charge in [-0.3, -0.25) is 9.48 Å². The number of carbonyl (C=O) groups is 1. The van der Waals surface area contributed by atoms with Crippen LogP contribution in [0.3, 0.4) is 0 Å². The zero-order valence-electron chi connectivity index (χ0n) is 9.41. The van der Waals surface area contributed by atoms with Crippen LogP contribution >= 0.6 is 0 Å². The number of aldehydes is 1. The molecule has 16 heavy (non-hydrogen) atoms. The van der Waals surface area contributed by atoms with Gasteiger partial charge >= 0.3 is 0 Å². The molecular weight excluding hydrogens is 202 g/mol. The minimum atomic E-state index is 0.524. The molecule has 0 unspecified atom stereocenters. The highest BCUT2D eigenvalue weighted by Gasteiger charge is 2.26. The third-order valence-electron chi connectivity index (χ3n) is 3.78. The lowest BCUT2D eigenvalue weighted by Crippen LogP contribution is -2.18. The summed E-state index contributed by atoms with van der Waals surface area (Å²) in [6.45, 7) is 1.67. The number of rotatable bonds is 2. The lowest BCUT2D eigenvalue weighted by atomic mass is 9.95. The molecule has 2 heterocycles. The van der Waals surface area contributed by atoms with Crippen LogP contribution in [0.4, 0.5) is 0 Å². The lowest BCUT2D eigenvalue weighted by molar-refractivity contribution is 0.111. The van der Waals surface area contributed by atoms with Crippen LogP contribution in [0, 0.1) is 0 Å². The highest BCUT2D eigenvalue weighted by molar-refractivity contribution is 5.75. The number of aromatic nitrogens is 2. The molecule has 2 aliphatic rings. The van der Waals surface area contributed by atoms with Crippen LogP contribution in [0.5, 0.6) is 0 Å². The molecule has 1 aliphatic carbocycles. The monoisotopic (exact) mass is 219 g/mol. The van der Waals surface area contributed by atoms with Crippen molar-refractivity contribution in [1.29, 1.82) is 0 Å². The second-order valence-electron chi connectivity index (χ2n) is 4.77. The molecule has 3 rings (SSSR count). The lowest BCUT2D eigenvalue weighted by Gasteiger charge is -2.23. The van der Waals surface area contributed by atoms with E-state index in [1.165, 1.54) is 37.8 Å². The first-order valence-electron chi connectivity index (χ1n) is 6.16. The summed E-state index contributed by atoms with van der Waals surface area (Å²) in [5.74, 6) is 0. The van der Waals surface area contributed by atoms with Gasteiger partial charge in [-0.2, -0.15) is 5.10 Å². The van der Waals surface area contributed by atoms with Crippen molar-refractivity contribution in [1.82, 2.24) is 15.1 Å². The summed E-state index contributed by atoms with van der Waals surface area (Å²) >= 11 is 0. The van der Waals surface area contributed by atoms with Gasteiger partial charge < -0.3 is 5.32 Å². The fourth-order valence-corrected chi connectivity index (χ4v) is 2.93. The van der Waals surface area contributed by atoms with Crippen molar-refractivity contribution in [3.05, 3.63) is 17.0 Å². The smallest absolute Gasteiger partial charge is 0.170 e. The van der Waals surface area contributed by atoms with Crippen LogP contribution in [0.2, 0.25) is 0 Å². The molecule has 1 aromatic rings. The Morgan fingerprint density at radius 2 is 2.06 bits per heavy atom. The molecular formula is C12H17N3O. The maximum absolute atomic E-state index is 11.0. The molecule has 1 aliphatic heterocycles. The topological polar surface area (TPSA) is 46.9 Å². The van der Waals surface area contributed by atoms with Gasteiger partial charge in [-0.25, -0.2) is 0 Å². The van der Waals surface area contributed by atoms with Crippen LogP contribution in [-0.2, 0) is 13.1 Å². The quantitative estimate of drug-likeness (QED) is 0.771. The maximum atomic E-state index is 11.0. The van der Waals surface area contributed by atoms with Crippen LogP contribution in [-0.4, -0.2) is 16.1 Å². The number of carbonyl (C=O) groups excluding carboxylic acids is 1. The predicted molar refractivity (Wildman–Crippen MR) is 60.3 cm³/mol. The van der Waals surface area contributed by atoms with E-state index in [0.29, 0.717) is 11.7 Å². The third kappa shape index (κ3) is 1.48. The van der Waals surface area contributed by atoms with Crippen LogP contribution in [0.25, 0.3) is 0 Å². The van der Waals surface area contributed by atoms with Gasteiger partial charge in [-0.05, 0) is 12.8 Å². The number of fused-ring (bicyclic) bond motifs is 1. The molecule has 0 amide bonds. The summed E-state index contributed by atoms with van der Waals surface area (Å²) in [6, 6.07) is 0.524. The van der Waals surface area contributed by atoms with Gasteiger partial charge in [0.15, 0.2) is 6.29 Å². The Kier molecular flexibility index (Phi) is 2.52. The Morgan fingerprint density at radius 3 is 2.81 bits per heavy atom. The van der Waals surface area contributed by atoms with Crippen molar-refractivity contribution in [2.75, 3.05) is 0 Å². The van der Waals surface area contributed by atoms with Crippen LogP contribution in [0.15, 0.2) is 0 Å². The van der Waals surface area contributed by atoms with E-state index in [-0.39, 0.29) is 0 Å². The van der Waals surface area contributed by atoms with E-state index in [1.807, 2.05) is 0 Å². The first-order valence-corrected chi connectivity index (χ1v) is 6.16. The highest BCUT2D eigenvalue weighted by Crippen LogP contribution is 2.31. The van der Waals surface area contributed by atoms with E-state index in [4.69, 9.17) is 0 Å². The summed E-state index contributed by atoms with van der Waals surface area (Å²) < 4.78 is 2.12. The zero-order chi connectivity index (χ0) is 11.0. The fraction of sp³-hybridized carbons (Fsp3) is 0.667. The molecule has 86 valence electrons. The zero-order valence-corrected chi connectivity index (χ0v) is 9.41. The predicted octanol–water partition coefficient (Wildman–Crippen LogP) is 1.80. The molecule has 1 saturated carbocycles. The Bertz CT molecular complexity index is 405. The van der Waals surface area contributed by atoms with E-state index in [1.54, 1.807) is 0 Å². The molecule has 0 atom stereocenters. The number of hydrogen-bond donors (Lipinski definition) is 1. The molecule has 1 fully saturated rings. The van der Waals surface area contributed by atoms with Crippen molar-refractivity contribution in [2.45, 2.75) is 51.2 Å². The summed E-state index contributed by atoms with van der Waals surface area (Å²) in [5.41, 5.74) is 3.01. The number of nitrogens with one attached hydrogen (secondary N) is 1. The molecule has 0 bridgehead atoms. The summed E-state index contributed by atoms with van der Waals surface area (Å²) in [5, 5.41) is 7.78. The Labute approximate surface area is 95.0 Å². The normalized spacial score (nSPS) is 21.0. The molecule has 0 radical (unpaired) electrons. The first-order chi connectivity index (χ1) is 7.90. The second-order valence-corrected chi connectivity index (χ2v) is 4.77. The Hall–Kier alpha value is -1.16. The van der Waals surface area contributed by atoms with Gasteiger partial charge in [0.2, 0.25) is 0 Å². The largest absolute Gasteiger partial charge is 0.307 e. The average molecular weight is 219 g/mol. The van der Waals surface area contributed by atoms with Crippen molar-refractivity contribution in [3.63, 3.8) is 0 Å². The van der Waals surface area contributed by atoms with Gasteiger partial charge in [0, 0.05) is 18.7 Å².